The van der Waals surface area contributed by atoms with Crippen molar-refractivity contribution in [2.45, 2.75) is 44.7 Å². The molecule has 1 amide bonds. The van der Waals surface area contributed by atoms with E-state index in [1.807, 2.05) is 16.5 Å². The van der Waals surface area contributed by atoms with E-state index < -0.39 is 0 Å². The minimum Gasteiger partial charge on any atom is -0.372 e. The minimum atomic E-state index is 0.208. The lowest BCUT2D eigenvalue weighted by molar-refractivity contribution is -0.128. The summed E-state index contributed by atoms with van der Waals surface area (Å²) in [5.74, 6) is 1.46. The average molecular weight is 402 g/mol. The molecule has 0 spiro atoms. The number of aromatic nitrogens is 3. The number of amides is 1. The van der Waals surface area contributed by atoms with Crippen LogP contribution in [0.4, 0.5) is 5.69 Å². The Bertz CT molecular complexity index is 762. The van der Waals surface area contributed by atoms with Crippen molar-refractivity contribution in [3.8, 4) is 11.4 Å². The molecule has 28 heavy (non-hydrogen) atoms. The van der Waals surface area contributed by atoms with Crippen LogP contribution >= 0.6 is 11.8 Å². The Morgan fingerprint density at radius 2 is 1.68 bits per heavy atom. The molecular formula is C21H31N5OS. The van der Waals surface area contributed by atoms with Gasteiger partial charge in [-0.05, 0) is 51.0 Å². The van der Waals surface area contributed by atoms with Gasteiger partial charge >= 0.3 is 0 Å². The standard InChI is InChI=1S/C21H31N5OS/c1-4-25(5-2)18-12-10-17(11-13-18)20-22-23-21(24(20)3)28-16-19(27)26-14-8-6-7-9-15-26/h10-13H,4-9,14-16H2,1-3H3. The summed E-state index contributed by atoms with van der Waals surface area (Å²) in [6.45, 7) is 8.09. The van der Waals surface area contributed by atoms with Crippen molar-refractivity contribution < 1.29 is 4.79 Å². The van der Waals surface area contributed by atoms with Gasteiger partial charge < -0.3 is 14.4 Å². The molecule has 3 rings (SSSR count). The van der Waals surface area contributed by atoms with Gasteiger partial charge in [0.1, 0.15) is 0 Å². The van der Waals surface area contributed by atoms with Gasteiger partial charge in [-0.1, -0.05) is 24.6 Å². The van der Waals surface area contributed by atoms with Crippen molar-refractivity contribution in [3.63, 3.8) is 0 Å². The van der Waals surface area contributed by atoms with Gasteiger partial charge in [-0.25, -0.2) is 0 Å². The average Bonchev–Trinajstić information content (AvgIpc) is 2.91. The van der Waals surface area contributed by atoms with Crippen LogP contribution in [0.25, 0.3) is 11.4 Å². The Morgan fingerprint density at radius 1 is 1.04 bits per heavy atom. The molecule has 1 aromatic carbocycles. The molecule has 0 bridgehead atoms. The normalized spacial score (nSPS) is 14.8. The highest BCUT2D eigenvalue weighted by atomic mass is 32.2. The van der Waals surface area contributed by atoms with Gasteiger partial charge in [0.25, 0.3) is 0 Å². The molecule has 1 aliphatic rings. The quantitative estimate of drug-likeness (QED) is 0.660. The number of anilines is 1. The first-order valence-electron chi connectivity index (χ1n) is 10.3. The van der Waals surface area contributed by atoms with Crippen molar-refractivity contribution in [1.29, 1.82) is 0 Å². The van der Waals surface area contributed by atoms with Gasteiger partial charge in [-0.15, -0.1) is 10.2 Å². The highest BCUT2D eigenvalue weighted by molar-refractivity contribution is 7.99. The van der Waals surface area contributed by atoms with E-state index >= 15 is 0 Å². The summed E-state index contributed by atoms with van der Waals surface area (Å²) in [4.78, 5) is 16.8. The topological polar surface area (TPSA) is 54.3 Å². The molecule has 0 atom stereocenters. The minimum absolute atomic E-state index is 0.208. The maximum Gasteiger partial charge on any atom is 0.233 e. The SMILES string of the molecule is CCN(CC)c1ccc(-c2nnc(SCC(=O)N3CCCCCC3)n2C)cc1. The predicted molar refractivity (Wildman–Crippen MR) is 116 cm³/mol. The van der Waals surface area contributed by atoms with Crippen LogP contribution in [0.5, 0.6) is 0 Å². The van der Waals surface area contributed by atoms with E-state index in [0.717, 1.165) is 55.6 Å². The molecule has 0 aliphatic carbocycles. The number of thioether (sulfide) groups is 1. The molecule has 0 saturated carbocycles. The Balaban J connectivity index is 1.64. The Kier molecular flexibility index (Phi) is 7.36. The second-order valence-electron chi connectivity index (χ2n) is 7.17. The zero-order valence-corrected chi connectivity index (χ0v) is 18.0. The lowest BCUT2D eigenvalue weighted by Gasteiger charge is -2.21. The molecule has 2 heterocycles. The molecule has 0 N–H and O–H groups in total. The summed E-state index contributed by atoms with van der Waals surface area (Å²) in [5.41, 5.74) is 2.25. The molecule has 2 aromatic rings. The van der Waals surface area contributed by atoms with Gasteiger partial charge in [0.05, 0.1) is 5.75 Å². The molecule has 6 nitrogen and oxygen atoms in total. The van der Waals surface area contributed by atoms with E-state index in [1.165, 1.54) is 30.3 Å². The van der Waals surface area contributed by atoms with Crippen LogP contribution in [-0.4, -0.2) is 57.5 Å². The number of carbonyl (C=O) groups excluding carboxylic acids is 1. The van der Waals surface area contributed by atoms with Crippen LogP contribution in [0.2, 0.25) is 0 Å². The summed E-state index contributed by atoms with van der Waals surface area (Å²) in [7, 11) is 1.96. The van der Waals surface area contributed by atoms with Gasteiger partial charge in [-0.2, -0.15) is 0 Å². The smallest absolute Gasteiger partial charge is 0.233 e. The van der Waals surface area contributed by atoms with E-state index in [2.05, 4.69) is 53.2 Å². The van der Waals surface area contributed by atoms with Gasteiger partial charge in [0.15, 0.2) is 11.0 Å². The van der Waals surface area contributed by atoms with E-state index in [-0.39, 0.29) is 5.91 Å². The molecule has 1 aromatic heterocycles. The van der Waals surface area contributed by atoms with Crippen LogP contribution < -0.4 is 4.90 Å². The Hall–Kier alpha value is -2.02. The fourth-order valence-corrected chi connectivity index (χ4v) is 4.45. The van der Waals surface area contributed by atoms with Gasteiger partial charge in [0.2, 0.25) is 5.91 Å². The summed E-state index contributed by atoms with van der Waals surface area (Å²) < 4.78 is 1.98. The number of likely N-dealkylation sites (tertiary alicyclic amines) is 1. The van der Waals surface area contributed by atoms with Crippen molar-refractivity contribution in [1.82, 2.24) is 19.7 Å². The third kappa shape index (κ3) is 4.87. The number of hydrogen-bond donors (Lipinski definition) is 0. The second-order valence-corrected chi connectivity index (χ2v) is 8.11. The maximum atomic E-state index is 12.5. The highest BCUT2D eigenvalue weighted by Gasteiger charge is 2.18. The van der Waals surface area contributed by atoms with Crippen molar-refractivity contribution in [2.75, 3.05) is 36.8 Å². The van der Waals surface area contributed by atoms with Crippen LogP contribution in [0, 0.1) is 0 Å². The summed E-state index contributed by atoms with van der Waals surface area (Å²) in [6, 6.07) is 8.45. The fourth-order valence-electron chi connectivity index (χ4n) is 3.64. The number of nitrogens with zero attached hydrogens (tertiary/aromatic N) is 5. The first-order valence-corrected chi connectivity index (χ1v) is 11.3. The zero-order chi connectivity index (χ0) is 19.9. The van der Waals surface area contributed by atoms with Crippen molar-refractivity contribution in [2.24, 2.45) is 7.05 Å². The van der Waals surface area contributed by atoms with Gasteiger partial charge in [-0.3, -0.25) is 4.79 Å². The number of hydrogen-bond acceptors (Lipinski definition) is 5. The third-order valence-electron chi connectivity index (χ3n) is 5.37. The zero-order valence-electron chi connectivity index (χ0n) is 17.2. The molecule has 0 unspecified atom stereocenters. The van der Waals surface area contributed by atoms with Crippen molar-refractivity contribution >= 4 is 23.4 Å². The largest absolute Gasteiger partial charge is 0.372 e. The summed E-state index contributed by atoms with van der Waals surface area (Å²) in [6.07, 6.45) is 4.70. The molecule has 152 valence electrons. The number of benzene rings is 1. The number of carbonyl (C=O) groups is 1. The van der Waals surface area contributed by atoms with E-state index in [9.17, 15) is 4.79 Å². The monoisotopic (exact) mass is 401 g/mol. The van der Waals surface area contributed by atoms with Crippen molar-refractivity contribution in [3.05, 3.63) is 24.3 Å². The van der Waals surface area contributed by atoms with E-state index in [1.54, 1.807) is 0 Å². The van der Waals surface area contributed by atoms with Crippen LogP contribution in [0.1, 0.15) is 39.5 Å². The van der Waals surface area contributed by atoms with Crippen LogP contribution in [0.3, 0.4) is 0 Å². The lowest BCUT2D eigenvalue weighted by atomic mass is 10.2. The molecular weight excluding hydrogens is 370 g/mol. The fraction of sp³-hybridized carbons (Fsp3) is 0.571. The Labute approximate surface area is 172 Å². The lowest BCUT2D eigenvalue weighted by Crippen LogP contribution is -2.33. The third-order valence-corrected chi connectivity index (χ3v) is 6.38. The predicted octanol–water partition coefficient (Wildman–Crippen LogP) is 3.82. The van der Waals surface area contributed by atoms with E-state index in [4.69, 9.17) is 0 Å². The molecule has 1 saturated heterocycles. The van der Waals surface area contributed by atoms with E-state index in [0.29, 0.717) is 5.75 Å². The first kappa shape index (κ1) is 20.7. The van der Waals surface area contributed by atoms with Gasteiger partial charge in [0, 0.05) is 44.5 Å². The maximum absolute atomic E-state index is 12.5. The molecule has 1 aliphatic heterocycles. The highest BCUT2D eigenvalue weighted by Crippen LogP contribution is 2.25. The molecule has 7 heteroatoms. The molecule has 0 radical (unpaired) electrons. The molecule has 1 fully saturated rings. The van der Waals surface area contributed by atoms with Crippen LogP contribution in [-0.2, 0) is 11.8 Å². The Morgan fingerprint density at radius 3 is 2.29 bits per heavy atom. The summed E-state index contributed by atoms with van der Waals surface area (Å²) in [5, 5.41) is 9.46. The van der Waals surface area contributed by atoms with Crippen LogP contribution in [0.15, 0.2) is 29.4 Å². The number of rotatable bonds is 7. The summed E-state index contributed by atoms with van der Waals surface area (Å²) >= 11 is 1.48. The first-order chi connectivity index (χ1) is 13.6. The second kappa shape index (κ2) is 9.96.